The molecule has 2 heterocycles. The Bertz CT molecular complexity index is 1450. The molecular weight excluding hydrogens is 542 g/mol. The highest BCUT2D eigenvalue weighted by Crippen LogP contribution is 2.41. The molecule has 15 heteroatoms. The second-order valence-corrected chi connectivity index (χ2v) is 10.5. The van der Waals surface area contributed by atoms with Crippen molar-refractivity contribution in [2.45, 2.75) is 25.2 Å². The first kappa shape index (κ1) is 30.0. The fraction of sp³-hybridized carbons (Fsp3) is 0.320. The maximum atomic E-state index is 14.2. The summed E-state index contributed by atoms with van der Waals surface area (Å²) < 4.78 is 50.3. The molecular formula is C25H31N7O7S. The number of hydrazine groups is 1. The predicted molar refractivity (Wildman–Crippen MR) is 146 cm³/mol. The molecule has 0 saturated carbocycles. The molecule has 0 radical (unpaired) electrons. The number of methoxy groups -OCH3 is 4. The highest BCUT2D eigenvalue weighted by Gasteiger charge is 2.45. The second kappa shape index (κ2) is 12.6. The molecule has 0 saturated heterocycles. The van der Waals surface area contributed by atoms with Gasteiger partial charge in [0.15, 0.2) is 11.5 Å². The zero-order chi connectivity index (χ0) is 29.6. The number of sulfonamides is 1. The highest BCUT2D eigenvalue weighted by molar-refractivity contribution is 7.90. The van der Waals surface area contributed by atoms with E-state index in [1.807, 2.05) is 0 Å². The van der Waals surface area contributed by atoms with Gasteiger partial charge in [0, 0.05) is 25.6 Å². The van der Waals surface area contributed by atoms with Crippen LogP contribution in [0.1, 0.15) is 34.9 Å². The quantitative estimate of drug-likeness (QED) is 0.206. The number of nitrogens with two attached hydrogens (primary N) is 1. The standard InChI is InChI=1S/C25H31N7O7S/c1-15-13-28-23(29-14-15)22(39-6)16(2)40(34,35)32(25(26)27)31(21-18(36-3)10-8-11-19(21)37-4)24(33)17-9-7-12-20(30-17)38-5/h7-14,16,22H,1-6H3,(H3,26,27)/t16-,22-/m1/s1. The molecule has 0 spiro atoms. The minimum Gasteiger partial charge on any atom is -0.494 e. The van der Waals surface area contributed by atoms with Gasteiger partial charge in [-0.2, -0.15) is 5.01 Å². The van der Waals surface area contributed by atoms with Crippen LogP contribution in [-0.4, -0.2) is 73.3 Å². The number of para-hydroxylation sites is 1. The van der Waals surface area contributed by atoms with E-state index in [-0.39, 0.29) is 34.6 Å². The van der Waals surface area contributed by atoms with Crippen molar-refractivity contribution in [3.63, 3.8) is 0 Å². The first-order chi connectivity index (χ1) is 19.0. The van der Waals surface area contributed by atoms with Gasteiger partial charge >= 0.3 is 0 Å². The first-order valence-electron chi connectivity index (χ1n) is 11.8. The Morgan fingerprint density at radius 2 is 1.55 bits per heavy atom. The van der Waals surface area contributed by atoms with Crippen LogP contribution in [-0.2, 0) is 14.8 Å². The molecule has 0 bridgehead atoms. The largest absolute Gasteiger partial charge is 0.494 e. The van der Waals surface area contributed by atoms with Crippen LogP contribution in [0.2, 0.25) is 0 Å². The molecule has 1 aromatic carbocycles. The third-order valence-electron chi connectivity index (χ3n) is 5.79. The van der Waals surface area contributed by atoms with Crippen LogP contribution in [0.25, 0.3) is 0 Å². The average molecular weight is 574 g/mol. The van der Waals surface area contributed by atoms with E-state index in [1.54, 1.807) is 13.0 Å². The van der Waals surface area contributed by atoms with E-state index in [4.69, 9.17) is 30.1 Å². The van der Waals surface area contributed by atoms with Gasteiger partial charge in [0.05, 0.1) is 21.3 Å². The lowest BCUT2D eigenvalue weighted by atomic mass is 10.2. The van der Waals surface area contributed by atoms with Gasteiger partial charge in [0.25, 0.3) is 15.9 Å². The van der Waals surface area contributed by atoms with Crippen molar-refractivity contribution in [3.05, 3.63) is 65.9 Å². The van der Waals surface area contributed by atoms with Gasteiger partial charge in [0.2, 0.25) is 11.8 Å². The number of benzene rings is 1. The summed E-state index contributed by atoms with van der Waals surface area (Å²) in [5.41, 5.74) is 6.29. The molecule has 0 aliphatic carbocycles. The lowest BCUT2D eigenvalue weighted by Gasteiger charge is -2.37. The molecule has 0 aliphatic rings. The summed E-state index contributed by atoms with van der Waals surface area (Å²) in [6.07, 6.45) is 1.83. The van der Waals surface area contributed by atoms with Gasteiger partial charge in [0.1, 0.15) is 28.5 Å². The van der Waals surface area contributed by atoms with Gasteiger partial charge in [-0.3, -0.25) is 10.2 Å². The fourth-order valence-electron chi connectivity index (χ4n) is 3.80. The Kier molecular flexibility index (Phi) is 9.44. The minimum atomic E-state index is -4.72. The van der Waals surface area contributed by atoms with E-state index in [0.29, 0.717) is 9.42 Å². The third kappa shape index (κ3) is 5.89. The van der Waals surface area contributed by atoms with Gasteiger partial charge in [-0.15, -0.1) is 4.41 Å². The number of carbonyl (C=O) groups excluding carboxylic acids is 1. The number of carbonyl (C=O) groups is 1. The highest BCUT2D eigenvalue weighted by atomic mass is 32.2. The summed E-state index contributed by atoms with van der Waals surface area (Å²) in [5, 5.41) is 7.55. The normalized spacial score (nSPS) is 12.7. The summed E-state index contributed by atoms with van der Waals surface area (Å²) in [4.78, 5) is 26.6. The third-order valence-corrected chi connectivity index (χ3v) is 7.82. The number of nitrogens with zero attached hydrogens (tertiary/aromatic N) is 5. The van der Waals surface area contributed by atoms with Gasteiger partial charge in [-0.05, 0) is 37.6 Å². The summed E-state index contributed by atoms with van der Waals surface area (Å²) in [6.45, 7) is 3.11. The number of hydrogen-bond donors (Lipinski definition) is 2. The molecule has 3 aromatic rings. The smallest absolute Gasteiger partial charge is 0.297 e. The Balaban J connectivity index is 2.29. The fourth-order valence-corrected chi connectivity index (χ4v) is 5.32. The Morgan fingerprint density at radius 1 is 0.975 bits per heavy atom. The van der Waals surface area contributed by atoms with E-state index in [1.165, 1.54) is 78.1 Å². The SMILES string of the molecule is COc1cccc(C(=O)N(c2c(OC)cccc2OC)N(C(=N)N)S(=O)(=O)[C@H](C)[C@@H](OC)c2ncc(C)cn2)n1. The van der Waals surface area contributed by atoms with Crippen molar-refractivity contribution in [1.82, 2.24) is 19.4 Å². The van der Waals surface area contributed by atoms with E-state index >= 15 is 0 Å². The zero-order valence-corrected chi connectivity index (χ0v) is 23.7. The van der Waals surface area contributed by atoms with Crippen LogP contribution in [0.5, 0.6) is 17.4 Å². The van der Waals surface area contributed by atoms with Crippen LogP contribution in [0, 0.1) is 12.3 Å². The predicted octanol–water partition coefficient (Wildman–Crippen LogP) is 2.07. The molecule has 0 fully saturated rings. The number of pyridine rings is 1. The summed E-state index contributed by atoms with van der Waals surface area (Å²) >= 11 is 0. The maximum absolute atomic E-state index is 14.2. The van der Waals surface area contributed by atoms with Crippen molar-refractivity contribution in [2.24, 2.45) is 5.73 Å². The van der Waals surface area contributed by atoms with Crippen molar-refractivity contribution >= 4 is 27.6 Å². The number of hydrogen-bond acceptors (Lipinski definition) is 11. The Labute approximate surface area is 232 Å². The number of amides is 1. The maximum Gasteiger partial charge on any atom is 0.297 e. The lowest BCUT2D eigenvalue weighted by Crippen LogP contribution is -2.58. The van der Waals surface area contributed by atoms with Crippen LogP contribution >= 0.6 is 0 Å². The topological polar surface area (TPSA) is 183 Å². The van der Waals surface area contributed by atoms with Gasteiger partial charge in [-0.25, -0.2) is 23.4 Å². The molecule has 3 N–H and O–H groups in total. The molecule has 1 amide bonds. The molecule has 2 aromatic heterocycles. The van der Waals surface area contributed by atoms with Crippen LogP contribution in [0.3, 0.4) is 0 Å². The molecule has 40 heavy (non-hydrogen) atoms. The van der Waals surface area contributed by atoms with Crippen molar-refractivity contribution in [2.75, 3.05) is 33.4 Å². The molecule has 0 unspecified atom stereocenters. The number of anilines is 1. The average Bonchev–Trinajstić information content (AvgIpc) is 2.95. The summed E-state index contributed by atoms with van der Waals surface area (Å²) in [7, 11) is 0.597. The van der Waals surface area contributed by atoms with Gasteiger partial charge < -0.3 is 24.7 Å². The summed E-state index contributed by atoms with van der Waals surface area (Å²) in [6, 6.07) is 8.93. The van der Waals surface area contributed by atoms with Crippen LogP contribution in [0.4, 0.5) is 5.69 Å². The zero-order valence-electron chi connectivity index (χ0n) is 22.9. The number of nitrogens with one attached hydrogen (secondary N) is 1. The van der Waals surface area contributed by atoms with Crippen LogP contribution < -0.4 is 25.0 Å². The number of aryl methyl sites for hydroxylation is 1. The van der Waals surface area contributed by atoms with E-state index in [2.05, 4.69) is 15.0 Å². The van der Waals surface area contributed by atoms with E-state index in [0.717, 1.165) is 5.56 Å². The molecule has 14 nitrogen and oxygen atoms in total. The summed E-state index contributed by atoms with van der Waals surface area (Å²) in [5.74, 6) is -1.71. The number of rotatable bonds is 10. The van der Waals surface area contributed by atoms with Crippen molar-refractivity contribution < 1.29 is 32.2 Å². The first-order valence-corrected chi connectivity index (χ1v) is 13.3. The molecule has 2 atom stereocenters. The Morgan fingerprint density at radius 3 is 2.05 bits per heavy atom. The monoisotopic (exact) mass is 573 g/mol. The van der Waals surface area contributed by atoms with Crippen LogP contribution in [0.15, 0.2) is 48.8 Å². The Hall–Kier alpha value is -4.50. The molecule has 214 valence electrons. The van der Waals surface area contributed by atoms with Crippen molar-refractivity contribution in [3.8, 4) is 17.4 Å². The number of aromatic nitrogens is 3. The second-order valence-electron chi connectivity index (χ2n) is 8.35. The lowest BCUT2D eigenvalue weighted by molar-refractivity contribution is 0.0911. The van der Waals surface area contributed by atoms with Crippen molar-refractivity contribution in [1.29, 1.82) is 5.41 Å². The van der Waals surface area contributed by atoms with E-state index < -0.39 is 33.2 Å². The minimum absolute atomic E-state index is 0.0508. The molecule has 0 aliphatic heterocycles. The number of ether oxygens (including phenoxy) is 4. The molecule has 3 rings (SSSR count). The van der Waals surface area contributed by atoms with E-state index in [9.17, 15) is 13.2 Å². The number of guanidine groups is 1. The van der Waals surface area contributed by atoms with Gasteiger partial charge in [-0.1, -0.05) is 12.1 Å².